The van der Waals surface area contributed by atoms with Gasteiger partial charge in [-0.2, -0.15) is 10.1 Å². The zero-order chi connectivity index (χ0) is 19.0. The van der Waals surface area contributed by atoms with E-state index in [1.165, 1.54) is 6.20 Å². The van der Waals surface area contributed by atoms with Crippen LogP contribution >= 0.6 is 23.2 Å². The summed E-state index contributed by atoms with van der Waals surface area (Å²) in [6.45, 7) is 3.38. The van der Waals surface area contributed by atoms with Gasteiger partial charge >= 0.3 is 5.97 Å². The van der Waals surface area contributed by atoms with E-state index in [-0.39, 0.29) is 51.5 Å². The highest BCUT2D eigenvalue weighted by atomic mass is 35.5. The second-order valence-corrected chi connectivity index (χ2v) is 6.01. The van der Waals surface area contributed by atoms with Crippen LogP contribution in [0.3, 0.4) is 0 Å². The van der Waals surface area contributed by atoms with Crippen molar-refractivity contribution in [2.45, 2.75) is 20.4 Å². The molecule has 0 atom stereocenters. The Kier molecular flexibility index (Phi) is 4.84. The Hall–Kier alpha value is -2.65. The normalized spacial score (nSPS) is 11.1. The maximum absolute atomic E-state index is 12.1. The third kappa shape index (κ3) is 3.11. The van der Waals surface area contributed by atoms with Gasteiger partial charge in [0.05, 0.1) is 23.2 Å². The van der Waals surface area contributed by atoms with E-state index in [0.29, 0.717) is 5.76 Å². The molecule has 0 aromatic carbocycles. The van der Waals surface area contributed by atoms with E-state index in [0.717, 1.165) is 4.68 Å². The van der Waals surface area contributed by atoms with Crippen molar-refractivity contribution in [2.24, 2.45) is 0 Å². The van der Waals surface area contributed by atoms with Crippen molar-refractivity contribution in [3.05, 3.63) is 43.7 Å². The molecular formula is C15H13Cl2N5O4. The minimum atomic E-state index is -0.593. The van der Waals surface area contributed by atoms with Crippen molar-refractivity contribution in [2.75, 3.05) is 12.3 Å². The minimum absolute atomic E-state index is 0.0259. The van der Waals surface area contributed by atoms with Gasteiger partial charge in [-0.05, 0) is 13.8 Å². The predicted octanol–water partition coefficient (Wildman–Crippen LogP) is 2.20. The fourth-order valence-corrected chi connectivity index (χ4v) is 2.67. The van der Waals surface area contributed by atoms with Gasteiger partial charge in [-0.15, -0.1) is 0 Å². The van der Waals surface area contributed by atoms with E-state index in [2.05, 4.69) is 15.1 Å². The van der Waals surface area contributed by atoms with Crippen LogP contribution in [0.4, 0.5) is 5.82 Å². The Morgan fingerprint density at radius 3 is 2.81 bits per heavy atom. The first-order valence-corrected chi connectivity index (χ1v) is 8.22. The van der Waals surface area contributed by atoms with Gasteiger partial charge in [-0.3, -0.25) is 4.79 Å². The molecule has 0 saturated heterocycles. The molecule has 0 fully saturated rings. The van der Waals surface area contributed by atoms with Crippen LogP contribution in [0.5, 0.6) is 0 Å². The van der Waals surface area contributed by atoms with Crippen LogP contribution in [-0.4, -0.2) is 32.3 Å². The predicted molar refractivity (Wildman–Crippen MR) is 94.5 cm³/mol. The molecule has 136 valence electrons. The number of anilines is 1. The number of aryl methyl sites for hydroxylation is 1. The van der Waals surface area contributed by atoms with Gasteiger partial charge in [0, 0.05) is 0 Å². The van der Waals surface area contributed by atoms with Crippen LogP contribution in [0, 0.1) is 6.92 Å². The summed E-state index contributed by atoms with van der Waals surface area (Å²) in [5.41, 5.74) is 5.67. The average Bonchev–Trinajstić information content (AvgIpc) is 2.92. The van der Waals surface area contributed by atoms with Gasteiger partial charge in [0.25, 0.3) is 5.56 Å². The molecule has 26 heavy (non-hydrogen) atoms. The maximum atomic E-state index is 12.1. The number of aromatic nitrogens is 4. The Balaban J connectivity index is 2.07. The molecule has 0 unspecified atom stereocenters. The van der Waals surface area contributed by atoms with E-state index in [4.69, 9.17) is 38.1 Å². The summed E-state index contributed by atoms with van der Waals surface area (Å²) in [6.07, 6.45) is 1.24. The fraction of sp³-hybridized carbons (Fsp3) is 0.267. The molecular weight excluding hydrogens is 385 g/mol. The topological polar surface area (TPSA) is 126 Å². The highest BCUT2D eigenvalue weighted by Gasteiger charge is 2.24. The Bertz CT molecular complexity index is 1080. The number of fused-ring (bicyclic) bond motifs is 1. The summed E-state index contributed by atoms with van der Waals surface area (Å²) in [5.74, 6) is -0.0826. The van der Waals surface area contributed by atoms with Crippen molar-refractivity contribution in [3.8, 4) is 0 Å². The zero-order valence-electron chi connectivity index (χ0n) is 13.7. The lowest BCUT2D eigenvalue weighted by Gasteiger charge is -2.06. The van der Waals surface area contributed by atoms with Crippen LogP contribution in [0.1, 0.15) is 28.9 Å². The molecule has 0 aliphatic carbocycles. The number of ether oxygens (including phenoxy) is 1. The van der Waals surface area contributed by atoms with Crippen molar-refractivity contribution < 1.29 is 13.9 Å². The van der Waals surface area contributed by atoms with E-state index in [1.54, 1.807) is 13.8 Å². The molecule has 3 heterocycles. The van der Waals surface area contributed by atoms with E-state index >= 15 is 0 Å². The number of carbonyl (C=O) groups is 1. The summed E-state index contributed by atoms with van der Waals surface area (Å²) < 4.78 is 11.6. The van der Waals surface area contributed by atoms with Crippen molar-refractivity contribution in [1.29, 1.82) is 0 Å². The molecule has 3 aromatic rings. The molecule has 0 saturated carbocycles. The number of furan rings is 1. The number of nitrogens with zero attached hydrogens (tertiary/aromatic N) is 4. The quantitative estimate of drug-likeness (QED) is 0.663. The Morgan fingerprint density at radius 1 is 1.38 bits per heavy atom. The smallest absolute Gasteiger partial charge is 0.342 e. The summed E-state index contributed by atoms with van der Waals surface area (Å²) in [6, 6.07) is 0. The summed E-state index contributed by atoms with van der Waals surface area (Å²) in [5, 5.41) is 4.03. The first-order valence-electron chi connectivity index (χ1n) is 7.47. The molecule has 9 nitrogen and oxygen atoms in total. The molecule has 0 amide bonds. The van der Waals surface area contributed by atoms with Gasteiger partial charge < -0.3 is 14.9 Å². The van der Waals surface area contributed by atoms with E-state index < -0.39 is 11.5 Å². The zero-order valence-corrected chi connectivity index (χ0v) is 15.3. The summed E-state index contributed by atoms with van der Waals surface area (Å²) in [7, 11) is 0. The van der Waals surface area contributed by atoms with Crippen LogP contribution in [0.15, 0.2) is 15.4 Å². The van der Waals surface area contributed by atoms with Crippen LogP contribution in [-0.2, 0) is 11.3 Å². The van der Waals surface area contributed by atoms with Crippen LogP contribution in [0.25, 0.3) is 11.1 Å². The number of esters is 1. The van der Waals surface area contributed by atoms with Gasteiger partial charge in [-0.1, -0.05) is 23.2 Å². The minimum Gasteiger partial charge on any atom is -0.462 e. The lowest BCUT2D eigenvalue weighted by molar-refractivity contribution is 0.0526. The third-order valence-corrected chi connectivity index (χ3v) is 4.26. The van der Waals surface area contributed by atoms with E-state index in [1.807, 2.05) is 0 Å². The second kappa shape index (κ2) is 6.93. The highest BCUT2D eigenvalue weighted by Crippen LogP contribution is 2.29. The fourth-order valence-electron chi connectivity index (χ4n) is 2.39. The molecule has 0 radical (unpaired) electrons. The van der Waals surface area contributed by atoms with Crippen molar-refractivity contribution in [1.82, 2.24) is 19.7 Å². The molecule has 3 aromatic heterocycles. The summed E-state index contributed by atoms with van der Waals surface area (Å²) >= 11 is 11.6. The second-order valence-electron chi connectivity index (χ2n) is 5.23. The summed E-state index contributed by atoms with van der Waals surface area (Å²) in [4.78, 5) is 32.5. The number of carbonyl (C=O) groups excluding carboxylic acids is 1. The molecule has 0 bridgehead atoms. The lowest BCUT2D eigenvalue weighted by Crippen LogP contribution is -2.24. The molecule has 0 aliphatic rings. The number of hydrogen-bond acceptors (Lipinski definition) is 8. The number of nitrogen functional groups attached to an aromatic ring is 1. The molecule has 0 aliphatic heterocycles. The van der Waals surface area contributed by atoms with Crippen LogP contribution in [0.2, 0.25) is 10.0 Å². The average molecular weight is 398 g/mol. The van der Waals surface area contributed by atoms with Gasteiger partial charge in [-0.25, -0.2) is 14.5 Å². The lowest BCUT2D eigenvalue weighted by atomic mass is 10.2. The van der Waals surface area contributed by atoms with Crippen molar-refractivity contribution >= 4 is 46.1 Å². The number of halogens is 2. The SMILES string of the molecule is CCOC(=O)c1c(C)oc2nc(Cn3ncc(Cl)c(Cl)c3=O)nc(N)c12. The standard InChI is InChI=1S/C15H13Cl2N5O4/c1-3-25-15(24)9-6(2)26-13-10(9)12(18)20-8(21-13)5-22-14(23)11(17)7(16)4-19-22/h4H,3,5H2,1-2H3,(H2,18,20,21). The highest BCUT2D eigenvalue weighted by molar-refractivity contribution is 6.41. The molecule has 11 heteroatoms. The number of hydrogen-bond donors (Lipinski definition) is 1. The van der Waals surface area contributed by atoms with Gasteiger partial charge in [0.2, 0.25) is 5.71 Å². The van der Waals surface area contributed by atoms with E-state index in [9.17, 15) is 9.59 Å². The molecule has 3 rings (SSSR count). The number of nitrogens with two attached hydrogens (primary N) is 1. The monoisotopic (exact) mass is 397 g/mol. The maximum Gasteiger partial charge on any atom is 0.342 e. The largest absolute Gasteiger partial charge is 0.462 e. The van der Waals surface area contributed by atoms with Gasteiger partial charge in [0.15, 0.2) is 5.82 Å². The molecule has 0 spiro atoms. The van der Waals surface area contributed by atoms with Gasteiger partial charge in [0.1, 0.15) is 28.7 Å². The van der Waals surface area contributed by atoms with Crippen LogP contribution < -0.4 is 11.3 Å². The number of rotatable bonds is 4. The third-order valence-electron chi connectivity index (χ3n) is 3.52. The van der Waals surface area contributed by atoms with Crippen molar-refractivity contribution in [3.63, 3.8) is 0 Å². The first-order chi connectivity index (χ1) is 12.3. The molecule has 2 N–H and O–H groups in total. The first kappa shape index (κ1) is 18.2. The Labute approximate surface area is 156 Å². The Morgan fingerprint density at radius 2 is 2.12 bits per heavy atom.